The van der Waals surface area contributed by atoms with Crippen molar-refractivity contribution < 1.29 is 95.4 Å². The topological polar surface area (TPSA) is 27.7 Å². The normalized spacial score (nSPS) is 19.1. The predicted molar refractivity (Wildman–Crippen MR) is 164 cm³/mol. The SMILES string of the molecule is CCCCCCC[O][Sn]([O][Sn]([O]CCCCCCC)([C](F)(F)C(F)(F)C(C)F)[C](F)(F)C(F)(F)C(C)F)([C](F)(F)C(F)(F)C(C)F)[C](F)(F)C(F)(F)C(C)F. The van der Waals surface area contributed by atoms with Crippen LogP contribution in [0.3, 0.4) is 0 Å². The van der Waals surface area contributed by atoms with Gasteiger partial charge in [-0.3, -0.25) is 0 Å². The van der Waals surface area contributed by atoms with Gasteiger partial charge in [0.15, 0.2) is 0 Å². The van der Waals surface area contributed by atoms with Crippen molar-refractivity contribution in [3.05, 3.63) is 0 Å². The minimum atomic E-state index is -11.2. The molecule has 0 bridgehead atoms. The molecule has 0 spiro atoms. The Hall–Kier alpha value is 0.0774. The van der Waals surface area contributed by atoms with E-state index in [4.69, 9.17) is 0 Å². The fourth-order valence-electron chi connectivity index (χ4n) is 4.99. The zero-order valence-electron chi connectivity index (χ0n) is 30.6. The van der Waals surface area contributed by atoms with Crippen LogP contribution < -0.4 is 0 Å². The Balaban J connectivity index is 9.14. The standard InChI is InChI=1S/2C7H15O.4C4H4F5.O.2Sn/c2*1-2-3-4-5-6-7-8;4*1-2(5)4(8,9)3(6)7;;;/h2*2-7H2,1H3;4*2H,1H3;;;/q2*-1;;;;;;2*+1. The molecule has 0 aromatic heterocycles. The van der Waals surface area contributed by atoms with Crippen molar-refractivity contribution in [1.82, 2.24) is 0 Å². The van der Waals surface area contributed by atoms with E-state index in [2.05, 4.69) is 7.56 Å². The molecule has 0 fully saturated rings. The van der Waals surface area contributed by atoms with Gasteiger partial charge in [0, 0.05) is 0 Å². The molecule has 0 aromatic rings. The van der Waals surface area contributed by atoms with Gasteiger partial charge in [0.1, 0.15) is 0 Å². The van der Waals surface area contributed by atoms with Gasteiger partial charge in [-0.2, -0.15) is 0 Å². The van der Waals surface area contributed by atoms with Crippen molar-refractivity contribution >= 4 is 38.4 Å². The van der Waals surface area contributed by atoms with Crippen molar-refractivity contribution in [1.29, 1.82) is 0 Å². The second-order valence-corrected chi connectivity index (χ2v) is 33.5. The van der Waals surface area contributed by atoms with E-state index >= 15 is 70.2 Å². The van der Waals surface area contributed by atoms with Gasteiger partial charge in [0.2, 0.25) is 0 Å². The van der Waals surface area contributed by atoms with Crippen LogP contribution in [0, 0.1) is 0 Å². The number of unbranched alkanes of at least 4 members (excludes halogenated alkanes) is 8. The van der Waals surface area contributed by atoms with Gasteiger partial charge in [-0.1, -0.05) is 0 Å². The summed E-state index contributed by atoms with van der Waals surface area (Å²) in [6.45, 7) is -3.43. The van der Waals surface area contributed by atoms with Crippen LogP contribution in [0.15, 0.2) is 0 Å². The molecule has 332 valence electrons. The molecule has 0 rings (SSSR count). The molecule has 0 aliphatic rings. The molecule has 0 aliphatic carbocycles. The fourth-order valence-corrected chi connectivity index (χ4v) is 41.8. The van der Waals surface area contributed by atoms with Gasteiger partial charge in [-0.05, 0) is 0 Å². The van der Waals surface area contributed by atoms with Crippen LogP contribution in [0.5, 0.6) is 0 Å². The molecule has 3 nitrogen and oxygen atoms in total. The van der Waals surface area contributed by atoms with E-state index < -0.39 is 169 Å². The van der Waals surface area contributed by atoms with Crippen molar-refractivity contribution in [2.75, 3.05) is 13.2 Å². The Kier molecular flexibility index (Phi) is 20.1. The number of hydrogen-bond acceptors (Lipinski definition) is 3. The summed E-state index contributed by atoms with van der Waals surface area (Å²) in [5.41, 5.74) is 0. The molecule has 0 N–H and O–H groups in total. The van der Waals surface area contributed by atoms with Crippen molar-refractivity contribution in [2.45, 2.75) is 170 Å². The van der Waals surface area contributed by atoms with E-state index in [1.54, 1.807) is 13.8 Å². The Labute approximate surface area is 315 Å². The quantitative estimate of drug-likeness (QED) is 0.0444. The van der Waals surface area contributed by atoms with Crippen LogP contribution in [-0.4, -0.2) is 116 Å². The predicted octanol–water partition coefficient (Wildman–Crippen LogP) is 12.5. The van der Waals surface area contributed by atoms with Crippen molar-refractivity contribution in [3.63, 3.8) is 0 Å². The molecule has 0 saturated carbocycles. The average Bonchev–Trinajstić information content (AvgIpc) is 3.05. The summed E-state index contributed by atoms with van der Waals surface area (Å²) in [7, 11) is 0. The van der Waals surface area contributed by atoms with Gasteiger partial charge >= 0.3 is 317 Å². The maximum atomic E-state index is 16.3. The second kappa shape index (κ2) is 20.1. The van der Waals surface area contributed by atoms with Gasteiger partial charge in [-0.15, -0.1) is 0 Å². The van der Waals surface area contributed by atoms with E-state index in [0.29, 0.717) is 12.8 Å². The zero-order chi connectivity index (χ0) is 43.9. The third-order valence-electron chi connectivity index (χ3n) is 8.72. The Morgan fingerprint density at radius 2 is 0.564 bits per heavy atom. The summed E-state index contributed by atoms with van der Waals surface area (Å²) >= 11 is -22.4. The molecule has 0 heterocycles. The van der Waals surface area contributed by atoms with Crippen LogP contribution in [0.1, 0.15) is 106 Å². The van der Waals surface area contributed by atoms with Gasteiger partial charge in [0.25, 0.3) is 0 Å². The minimum absolute atomic E-state index is 0.0347. The molecular formula is C30H46F20O3Sn2. The van der Waals surface area contributed by atoms with E-state index in [1.165, 1.54) is 0 Å². The van der Waals surface area contributed by atoms with Crippen LogP contribution in [0.4, 0.5) is 87.8 Å². The molecule has 0 radical (unpaired) electrons. The molecule has 0 aromatic carbocycles. The second-order valence-electron chi connectivity index (χ2n) is 13.1. The van der Waals surface area contributed by atoms with E-state index in [-0.39, 0.29) is 25.7 Å². The van der Waals surface area contributed by atoms with Gasteiger partial charge in [0.05, 0.1) is 0 Å². The number of halogens is 20. The molecular weight excluding hydrogens is 1030 g/mol. The first-order valence-electron chi connectivity index (χ1n) is 17.2. The average molecular weight is 1070 g/mol. The molecule has 0 saturated heterocycles. The van der Waals surface area contributed by atoms with Crippen LogP contribution in [-0.2, 0) is 7.56 Å². The van der Waals surface area contributed by atoms with Crippen LogP contribution in [0.2, 0.25) is 0 Å². The molecule has 55 heavy (non-hydrogen) atoms. The number of hydrogen-bond donors (Lipinski definition) is 0. The summed E-state index contributed by atoms with van der Waals surface area (Å²) in [6.07, 6.45) is -20.2. The summed E-state index contributed by atoms with van der Waals surface area (Å²) in [4.78, 5) is 0. The summed E-state index contributed by atoms with van der Waals surface area (Å²) in [5.74, 6) is -28.0. The Morgan fingerprint density at radius 1 is 0.364 bits per heavy atom. The zero-order valence-corrected chi connectivity index (χ0v) is 36.3. The van der Waals surface area contributed by atoms with Crippen molar-refractivity contribution in [3.8, 4) is 0 Å². The third-order valence-corrected chi connectivity index (χ3v) is 38.1. The van der Waals surface area contributed by atoms with Gasteiger partial charge < -0.3 is 0 Å². The van der Waals surface area contributed by atoms with Crippen molar-refractivity contribution in [2.24, 2.45) is 0 Å². The monoisotopic (exact) mass is 1070 g/mol. The summed E-state index contributed by atoms with van der Waals surface area (Å²) < 4.78 is 291. The first-order chi connectivity index (χ1) is 24.6. The number of alkyl halides is 20. The third kappa shape index (κ3) is 10.2. The summed E-state index contributed by atoms with van der Waals surface area (Å²) in [5, 5.41) is 0. The first-order valence-corrected chi connectivity index (χ1v) is 27.5. The molecule has 0 amide bonds. The van der Waals surface area contributed by atoms with E-state index in [1.807, 2.05) is 0 Å². The molecule has 25 heteroatoms. The molecule has 0 aliphatic heterocycles. The summed E-state index contributed by atoms with van der Waals surface area (Å²) in [6, 6.07) is 0. The van der Waals surface area contributed by atoms with E-state index in [9.17, 15) is 17.6 Å². The Morgan fingerprint density at radius 3 is 0.745 bits per heavy atom. The first kappa shape index (κ1) is 55.1. The molecule has 4 atom stereocenters. The van der Waals surface area contributed by atoms with E-state index in [0.717, 1.165) is 0 Å². The maximum absolute atomic E-state index is 16.3. The number of rotatable bonds is 28. The van der Waals surface area contributed by atoms with Gasteiger partial charge in [-0.25, -0.2) is 0 Å². The fraction of sp³-hybridized carbons (Fsp3) is 1.00. The van der Waals surface area contributed by atoms with Crippen LogP contribution in [0.25, 0.3) is 0 Å². The van der Waals surface area contributed by atoms with Crippen LogP contribution >= 0.6 is 0 Å². The molecule has 4 unspecified atom stereocenters. The Bertz CT molecular complexity index is 1000.